The highest BCUT2D eigenvalue weighted by atomic mass is 79.9. The van der Waals surface area contributed by atoms with Gasteiger partial charge in [0, 0.05) is 10.0 Å². The molecule has 1 aromatic rings. The second-order valence-corrected chi connectivity index (χ2v) is 4.76. The van der Waals surface area contributed by atoms with Crippen molar-refractivity contribution in [3.8, 4) is 11.8 Å². The van der Waals surface area contributed by atoms with Crippen LogP contribution >= 0.6 is 31.9 Å². The summed E-state index contributed by atoms with van der Waals surface area (Å²) in [6.45, 7) is 0. The lowest BCUT2D eigenvalue weighted by atomic mass is 10.1. The number of ether oxygens (including phenoxy) is 1. The molecule has 6 heteroatoms. The maximum absolute atomic E-state index is 11.2. The van der Waals surface area contributed by atoms with Gasteiger partial charge in [0.25, 0.3) is 0 Å². The number of halogens is 2. The molecule has 0 aliphatic heterocycles. The third kappa shape index (κ3) is 3.32. The van der Waals surface area contributed by atoms with E-state index < -0.39 is 5.97 Å². The average molecular weight is 361 g/mol. The van der Waals surface area contributed by atoms with Crippen molar-refractivity contribution < 1.29 is 14.6 Å². The number of methoxy groups -OCH3 is 1. The van der Waals surface area contributed by atoms with Gasteiger partial charge in [0.2, 0.25) is 0 Å². The second kappa shape index (κ2) is 5.84. The van der Waals surface area contributed by atoms with Crippen LogP contribution in [0.2, 0.25) is 0 Å². The monoisotopic (exact) mass is 359 g/mol. The maximum atomic E-state index is 11.2. The third-order valence-electron chi connectivity index (χ3n) is 1.88. The molecule has 17 heavy (non-hydrogen) atoms. The van der Waals surface area contributed by atoms with Crippen molar-refractivity contribution in [3.05, 3.63) is 32.2 Å². The first-order valence-corrected chi connectivity index (χ1v) is 5.96. The molecule has 88 valence electrons. The number of phenols is 1. The maximum Gasteiger partial charge on any atom is 0.348 e. The Morgan fingerprint density at radius 2 is 2.18 bits per heavy atom. The van der Waals surface area contributed by atoms with Gasteiger partial charge in [0.15, 0.2) is 0 Å². The van der Waals surface area contributed by atoms with Gasteiger partial charge in [-0.05, 0) is 34.1 Å². The van der Waals surface area contributed by atoms with Crippen molar-refractivity contribution in [2.24, 2.45) is 0 Å². The number of hydrogen-bond acceptors (Lipinski definition) is 4. The van der Waals surface area contributed by atoms with E-state index in [4.69, 9.17) is 5.26 Å². The van der Waals surface area contributed by atoms with Crippen molar-refractivity contribution in [1.82, 2.24) is 0 Å². The van der Waals surface area contributed by atoms with Gasteiger partial charge >= 0.3 is 5.97 Å². The molecule has 0 aromatic heterocycles. The van der Waals surface area contributed by atoms with Crippen molar-refractivity contribution in [2.75, 3.05) is 7.11 Å². The average Bonchev–Trinajstić information content (AvgIpc) is 2.30. The third-order valence-corrected chi connectivity index (χ3v) is 2.95. The second-order valence-electron chi connectivity index (χ2n) is 2.99. The summed E-state index contributed by atoms with van der Waals surface area (Å²) in [6.07, 6.45) is 1.26. The van der Waals surface area contributed by atoms with Gasteiger partial charge in [-0.15, -0.1) is 0 Å². The summed E-state index contributed by atoms with van der Waals surface area (Å²) in [6, 6.07) is 4.95. The summed E-state index contributed by atoms with van der Waals surface area (Å²) in [7, 11) is 1.18. The van der Waals surface area contributed by atoms with Crippen LogP contribution in [0, 0.1) is 11.3 Å². The molecule has 0 saturated carbocycles. The lowest BCUT2D eigenvalue weighted by molar-refractivity contribution is -0.135. The minimum atomic E-state index is -0.747. The molecule has 1 rings (SSSR count). The first kappa shape index (κ1) is 13.7. The number of phenolic OH excluding ortho intramolecular Hbond substituents is 1. The molecule has 1 N–H and O–H groups in total. The molecule has 0 saturated heterocycles. The fraction of sp³-hybridized carbons (Fsp3) is 0.0909. The summed E-state index contributed by atoms with van der Waals surface area (Å²) in [5.74, 6) is -0.798. The Morgan fingerprint density at radius 1 is 1.53 bits per heavy atom. The first-order valence-electron chi connectivity index (χ1n) is 4.37. The topological polar surface area (TPSA) is 70.3 Å². The van der Waals surface area contributed by atoms with Crippen LogP contribution in [0.1, 0.15) is 5.56 Å². The molecule has 4 nitrogen and oxygen atoms in total. The normalized spacial score (nSPS) is 10.8. The lowest BCUT2D eigenvalue weighted by Gasteiger charge is -2.04. The van der Waals surface area contributed by atoms with E-state index in [0.29, 0.717) is 14.5 Å². The van der Waals surface area contributed by atoms with Crippen LogP contribution in [0.4, 0.5) is 0 Å². The molecule has 0 heterocycles. The number of nitrogens with zero attached hydrogens (tertiary/aromatic N) is 1. The van der Waals surface area contributed by atoms with Gasteiger partial charge in [0.1, 0.15) is 17.4 Å². The number of aromatic hydroxyl groups is 1. The molecule has 0 aliphatic carbocycles. The van der Waals surface area contributed by atoms with Crippen LogP contribution in [0.25, 0.3) is 6.08 Å². The number of hydrogen-bond donors (Lipinski definition) is 1. The molecule has 0 bridgehead atoms. The van der Waals surface area contributed by atoms with Gasteiger partial charge in [0.05, 0.1) is 11.6 Å². The van der Waals surface area contributed by atoms with E-state index in [1.807, 2.05) is 0 Å². The highest BCUT2D eigenvalue weighted by molar-refractivity contribution is 9.11. The zero-order chi connectivity index (χ0) is 13.0. The van der Waals surface area contributed by atoms with E-state index in [2.05, 4.69) is 36.6 Å². The summed E-state index contributed by atoms with van der Waals surface area (Å²) in [5.41, 5.74) is 0.154. The summed E-state index contributed by atoms with van der Waals surface area (Å²) in [5, 5.41) is 18.5. The van der Waals surface area contributed by atoms with E-state index in [-0.39, 0.29) is 11.3 Å². The molecule has 0 unspecified atom stereocenters. The van der Waals surface area contributed by atoms with Crippen LogP contribution in [-0.2, 0) is 9.53 Å². The zero-order valence-corrected chi connectivity index (χ0v) is 11.9. The Kier molecular flexibility index (Phi) is 4.73. The van der Waals surface area contributed by atoms with Crippen LogP contribution in [0.15, 0.2) is 26.7 Å². The van der Waals surface area contributed by atoms with Crippen molar-refractivity contribution in [3.63, 3.8) is 0 Å². The molecule has 1 aromatic carbocycles. The highest BCUT2D eigenvalue weighted by Crippen LogP contribution is 2.33. The quantitative estimate of drug-likeness (QED) is 0.500. The first-order chi connectivity index (χ1) is 7.99. The molecule has 0 radical (unpaired) electrons. The molecule has 0 aliphatic rings. The molecular weight excluding hydrogens is 354 g/mol. The van der Waals surface area contributed by atoms with Crippen LogP contribution < -0.4 is 0 Å². The molecule has 0 spiro atoms. The Hall–Kier alpha value is -1.32. The van der Waals surface area contributed by atoms with E-state index in [0.717, 1.165) is 0 Å². The van der Waals surface area contributed by atoms with Crippen LogP contribution in [0.3, 0.4) is 0 Å². The summed E-state index contributed by atoms with van der Waals surface area (Å²) in [4.78, 5) is 11.2. The lowest BCUT2D eigenvalue weighted by Crippen LogP contribution is -2.02. The van der Waals surface area contributed by atoms with Gasteiger partial charge in [-0.1, -0.05) is 15.9 Å². The van der Waals surface area contributed by atoms with E-state index in [1.54, 1.807) is 18.2 Å². The number of carbonyl (C=O) groups is 1. The standard InChI is InChI=1S/C11H7Br2NO3/c1-17-11(16)7(5-14)2-6-3-8(12)4-9(13)10(6)15/h2-4,15H,1H3. The summed E-state index contributed by atoms with van der Waals surface area (Å²) >= 11 is 6.40. The van der Waals surface area contributed by atoms with Crippen molar-refractivity contribution in [1.29, 1.82) is 5.26 Å². The highest BCUT2D eigenvalue weighted by Gasteiger charge is 2.12. The minimum Gasteiger partial charge on any atom is -0.506 e. The van der Waals surface area contributed by atoms with Crippen molar-refractivity contribution >= 4 is 43.9 Å². The molecular formula is C11H7Br2NO3. The number of rotatable bonds is 2. The Balaban J connectivity index is 3.31. The fourth-order valence-electron chi connectivity index (χ4n) is 1.10. The minimum absolute atomic E-state index is 0.0511. The Morgan fingerprint density at radius 3 is 2.71 bits per heavy atom. The predicted octanol–water partition coefficient (Wildman–Crippen LogP) is 3.00. The zero-order valence-electron chi connectivity index (χ0n) is 8.70. The Bertz CT molecular complexity index is 532. The van der Waals surface area contributed by atoms with Gasteiger partial charge in [-0.2, -0.15) is 5.26 Å². The van der Waals surface area contributed by atoms with Crippen LogP contribution in [-0.4, -0.2) is 18.2 Å². The number of nitriles is 1. The SMILES string of the molecule is COC(=O)C(C#N)=Cc1cc(Br)cc(Br)c1O. The molecule has 0 atom stereocenters. The van der Waals surface area contributed by atoms with E-state index >= 15 is 0 Å². The molecule has 0 fully saturated rings. The fourth-order valence-corrected chi connectivity index (χ4v) is 2.36. The van der Waals surface area contributed by atoms with Gasteiger partial charge < -0.3 is 9.84 Å². The Labute approximate surface area is 115 Å². The smallest absolute Gasteiger partial charge is 0.348 e. The summed E-state index contributed by atoms with van der Waals surface area (Å²) < 4.78 is 5.60. The van der Waals surface area contributed by atoms with E-state index in [1.165, 1.54) is 13.2 Å². The molecule has 0 amide bonds. The van der Waals surface area contributed by atoms with E-state index in [9.17, 15) is 9.90 Å². The van der Waals surface area contributed by atoms with Crippen LogP contribution in [0.5, 0.6) is 5.75 Å². The van der Waals surface area contributed by atoms with Crippen molar-refractivity contribution in [2.45, 2.75) is 0 Å². The predicted molar refractivity (Wildman–Crippen MR) is 69.1 cm³/mol. The number of esters is 1. The number of benzene rings is 1. The largest absolute Gasteiger partial charge is 0.506 e. The van der Waals surface area contributed by atoms with Gasteiger partial charge in [-0.3, -0.25) is 0 Å². The number of carbonyl (C=O) groups excluding carboxylic acids is 1. The van der Waals surface area contributed by atoms with Gasteiger partial charge in [-0.25, -0.2) is 4.79 Å².